The number of fused-ring (bicyclic) bond motifs is 1. The van der Waals surface area contributed by atoms with E-state index in [2.05, 4.69) is 27.6 Å². The van der Waals surface area contributed by atoms with Crippen molar-refractivity contribution in [2.45, 2.75) is 13.3 Å². The van der Waals surface area contributed by atoms with Gasteiger partial charge in [0.1, 0.15) is 0 Å². The summed E-state index contributed by atoms with van der Waals surface area (Å²) >= 11 is 0. The molecule has 2 aromatic carbocycles. The van der Waals surface area contributed by atoms with Crippen LogP contribution in [0.3, 0.4) is 0 Å². The monoisotopic (exact) mass is 336 g/mol. The van der Waals surface area contributed by atoms with Crippen molar-refractivity contribution in [1.82, 2.24) is 10.2 Å². The van der Waals surface area contributed by atoms with Crippen molar-refractivity contribution >= 4 is 22.8 Å². The molecule has 0 unspecified atom stereocenters. The highest BCUT2D eigenvalue weighted by Crippen LogP contribution is 2.27. The van der Waals surface area contributed by atoms with Gasteiger partial charge in [-0.15, -0.1) is 5.10 Å². The number of nitrogens with one attached hydrogen (secondary N) is 1. The standard InChI is InChI=1S/C19H20N4O2/c1-3-10-25-17-9-8-14(11-18(17)24-2)12-20-22-19-16-7-5-4-6-15(16)13-21-23-19/h4-9,11-13H,3,10H2,1-2H3,(H,22,23)/b20-12-. The molecule has 6 heteroatoms. The summed E-state index contributed by atoms with van der Waals surface area (Å²) in [5, 5.41) is 14.3. The molecule has 1 aromatic heterocycles. The fourth-order valence-corrected chi connectivity index (χ4v) is 2.37. The molecule has 3 rings (SSSR count). The number of hydrazone groups is 1. The Kier molecular flexibility index (Phi) is 5.41. The molecule has 0 aliphatic carbocycles. The van der Waals surface area contributed by atoms with Gasteiger partial charge in [0, 0.05) is 10.8 Å². The van der Waals surface area contributed by atoms with Gasteiger partial charge < -0.3 is 9.47 Å². The number of rotatable bonds is 7. The third kappa shape index (κ3) is 4.03. The van der Waals surface area contributed by atoms with Crippen molar-refractivity contribution in [3.05, 3.63) is 54.2 Å². The molecule has 0 radical (unpaired) electrons. The highest BCUT2D eigenvalue weighted by Gasteiger charge is 2.05. The van der Waals surface area contributed by atoms with Gasteiger partial charge in [0.25, 0.3) is 0 Å². The smallest absolute Gasteiger partial charge is 0.176 e. The lowest BCUT2D eigenvalue weighted by molar-refractivity contribution is 0.294. The predicted octanol–water partition coefficient (Wildman–Crippen LogP) is 3.87. The van der Waals surface area contributed by atoms with Crippen LogP contribution in [0.5, 0.6) is 11.5 Å². The van der Waals surface area contributed by atoms with Crippen molar-refractivity contribution in [2.75, 3.05) is 19.1 Å². The summed E-state index contributed by atoms with van der Waals surface area (Å²) in [7, 11) is 1.62. The summed E-state index contributed by atoms with van der Waals surface area (Å²) < 4.78 is 11.0. The number of hydrogen-bond donors (Lipinski definition) is 1. The second-order valence-corrected chi connectivity index (χ2v) is 5.41. The van der Waals surface area contributed by atoms with Gasteiger partial charge >= 0.3 is 0 Å². The lowest BCUT2D eigenvalue weighted by Gasteiger charge is -2.10. The normalized spacial score (nSPS) is 11.0. The van der Waals surface area contributed by atoms with Gasteiger partial charge in [-0.1, -0.05) is 31.2 Å². The van der Waals surface area contributed by atoms with E-state index in [0.717, 1.165) is 28.5 Å². The van der Waals surface area contributed by atoms with E-state index in [1.165, 1.54) is 0 Å². The van der Waals surface area contributed by atoms with Crippen molar-refractivity contribution in [1.29, 1.82) is 0 Å². The molecule has 0 saturated carbocycles. The summed E-state index contributed by atoms with van der Waals surface area (Å²) in [5.74, 6) is 2.03. The molecule has 0 aliphatic heterocycles. The fraction of sp³-hybridized carbons (Fsp3) is 0.211. The molecule has 0 aliphatic rings. The molecule has 0 spiro atoms. The second-order valence-electron chi connectivity index (χ2n) is 5.41. The van der Waals surface area contributed by atoms with Gasteiger partial charge in [-0.05, 0) is 30.2 Å². The first-order valence-corrected chi connectivity index (χ1v) is 8.12. The molecular formula is C19H20N4O2. The molecule has 6 nitrogen and oxygen atoms in total. The Balaban J connectivity index is 1.75. The van der Waals surface area contributed by atoms with Gasteiger partial charge in [0.05, 0.1) is 26.1 Å². The fourth-order valence-electron chi connectivity index (χ4n) is 2.37. The van der Waals surface area contributed by atoms with Gasteiger partial charge in [-0.25, -0.2) is 0 Å². The first kappa shape index (κ1) is 16.7. The first-order chi connectivity index (χ1) is 12.3. The highest BCUT2D eigenvalue weighted by molar-refractivity contribution is 5.91. The van der Waals surface area contributed by atoms with Gasteiger partial charge in [0.15, 0.2) is 17.3 Å². The first-order valence-electron chi connectivity index (χ1n) is 8.12. The number of hydrogen-bond acceptors (Lipinski definition) is 6. The molecule has 0 fully saturated rings. The number of methoxy groups -OCH3 is 1. The predicted molar refractivity (Wildman–Crippen MR) is 99.5 cm³/mol. The van der Waals surface area contributed by atoms with E-state index in [4.69, 9.17) is 9.47 Å². The zero-order chi connectivity index (χ0) is 17.5. The molecule has 0 atom stereocenters. The van der Waals surface area contributed by atoms with Crippen LogP contribution in [0.15, 0.2) is 53.8 Å². The minimum absolute atomic E-state index is 0.615. The van der Waals surface area contributed by atoms with Crippen LogP contribution in [0.2, 0.25) is 0 Å². The topological polar surface area (TPSA) is 68.6 Å². The molecular weight excluding hydrogens is 316 g/mol. The van der Waals surface area contributed by atoms with E-state index in [9.17, 15) is 0 Å². The zero-order valence-electron chi connectivity index (χ0n) is 14.3. The van der Waals surface area contributed by atoms with E-state index in [-0.39, 0.29) is 0 Å². The summed E-state index contributed by atoms with van der Waals surface area (Å²) in [6.45, 7) is 2.72. The van der Waals surface area contributed by atoms with Crippen molar-refractivity contribution in [2.24, 2.45) is 5.10 Å². The third-order valence-corrected chi connectivity index (χ3v) is 3.60. The Bertz CT molecular complexity index is 875. The third-order valence-electron chi connectivity index (χ3n) is 3.60. The lowest BCUT2D eigenvalue weighted by Crippen LogP contribution is -1.99. The van der Waals surface area contributed by atoms with E-state index >= 15 is 0 Å². The quantitative estimate of drug-likeness (QED) is 0.524. The molecule has 128 valence electrons. The van der Waals surface area contributed by atoms with Gasteiger partial charge in [0.2, 0.25) is 0 Å². The molecule has 0 amide bonds. The maximum atomic E-state index is 5.65. The zero-order valence-corrected chi connectivity index (χ0v) is 14.3. The van der Waals surface area contributed by atoms with Crippen molar-refractivity contribution in [3.63, 3.8) is 0 Å². The average molecular weight is 336 g/mol. The van der Waals surface area contributed by atoms with Crippen LogP contribution in [0, 0.1) is 0 Å². The van der Waals surface area contributed by atoms with E-state index in [1.807, 2.05) is 42.5 Å². The van der Waals surface area contributed by atoms with Crippen molar-refractivity contribution in [3.8, 4) is 11.5 Å². The number of ether oxygens (including phenoxy) is 2. The molecule has 1 heterocycles. The minimum atomic E-state index is 0.615. The number of anilines is 1. The maximum absolute atomic E-state index is 5.65. The van der Waals surface area contributed by atoms with Crippen molar-refractivity contribution < 1.29 is 9.47 Å². The average Bonchev–Trinajstić information content (AvgIpc) is 2.67. The summed E-state index contributed by atoms with van der Waals surface area (Å²) in [6.07, 6.45) is 4.38. The number of aromatic nitrogens is 2. The van der Waals surface area contributed by atoms with E-state index in [0.29, 0.717) is 18.2 Å². The minimum Gasteiger partial charge on any atom is -0.493 e. The van der Waals surface area contributed by atoms with Gasteiger partial charge in [-0.3, -0.25) is 5.43 Å². The number of benzene rings is 2. The van der Waals surface area contributed by atoms with E-state index in [1.54, 1.807) is 19.5 Å². The van der Waals surface area contributed by atoms with Crippen LogP contribution in [-0.4, -0.2) is 30.1 Å². The van der Waals surface area contributed by atoms with Crippen LogP contribution >= 0.6 is 0 Å². The Hall–Kier alpha value is -3.15. The van der Waals surface area contributed by atoms with Crippen LogP contribution in [0.1, 0.15) is 18.9 Å². The summed E-state index contributed by atoms with van der Waals surface area (Å²) in [4.78, 5) is 0. The van der Waals surface area contributed by atoms with E-state index < -0.39 is 0 Å². The Labute approximate surface area is 146 Å². The second kappa shape index (κ2) is 8.10. The number of nitrogens with zero attached hydrogens (tertiary/aromatic N) is 3. The molecule has 0 saturated heterocycles. The van der Waals surface area contributed by atoms with Crippen LogP contribution < -0.4 is 14.9 Å². The Morgan fingerprint density at radius 1 is 1.16 bits per heavy atom. The molecule has 3 aromatic rings. The van der Waals surface area contributed by atoms with Gasteiger partial charge in [-0.2, -0.15) is 10.2 Å². The highest BCUT2D eigenvalue weighted by atomic mass is 16.5. The Morgan fingerprint density at radius 3 is 2.88 bits per heavy atom. The SMILES string of the molecule is CCCOc1ccc(/C=N\Nc2nncc3ccccc23)cc1OC. The molecule has 25 heavy (non-hydrogen) atoms. The summed E-state index contributed by atoms with van der Waals surface area (Å²) in [5.41, 5.74) is 3.84. The summed E-state index contributed by atoms with van der Waals surface area (Å²) in [6, 6.07) is 13.6. The largest absolute Gasteiger partial charge is 0.493 e. The van der Waals surface area contributed by atoms with Crippen LogP contribution in [-0.2, 0) is 0 Å². The molecule has 1 N–H and O–H groups in total. The maximum Gasteiger partial charge on any atom is 0.176 e. The van der Waals surface area contributed by atoms with Crippen LogP contribution in [0.25, 0.3) is 10.8 Å². The molecule has 0 bridgehead atoms. The van der Waals surface area contributed by atoms with Crippen LogP contribution in [0.4, 0.5) is 5.82 Å². The lowest BCUT2D eigenvalue weighted by atomic mass is 10.2. The Morgan fingerprint density at radius 2 is 2.04 bits per heavy atom.